The highest BCUT2D eigenvalue weighted by molar-refractivity contribution is 7.14. The fraction of sp³-hybridized carbons (Fsp3) is 0.476. The molecular weight excluding hydrogens is 298 g/mol. The number of aliphatic imine (C=N–C) groups is 1. The summed E-state index contributed by atoms with van der Waals surface area (Å²) in [6, 6.07) is 0. The lowest BCUT2D eigenvalue weighted by Crippen LogP contribution is -1.81. The molecule has 1 heterocycles. The number of hydrogen-bond donors (Lipinski definition) is 0. The molecule has 0 aliphatic heterocycles. The third kappa shape index (κ3) is 8.71. The molecule has 0 aliphatic carbocycles. The first kappa shape index (κ1) is 26.5. The minimum atomic E-state index is 1.04. The Bertz CT molecular complexity index is 488. The Morgan fingerprint density at radius 1 is 1.00 bits per heavy atom. The first-order valence-corrected chi connectivity index (χ1v) is 9.55. The van der Waals surface area contributed by atoms with E-state index in [0.29, 0.717) is 0 Å². The lowest BCUT2D eigenvalue weighted by atomic mass is 10.1. The second-order valence-corrected chi connectivity index (χ2v) is 4.65. The summed E-state index contributed by atoms with van der Waals surface area (Å²) in [7, 11) is 0. The standard InChI is InChI=1S/C15H19NS.3C2H6/c1-6-10-14-12(7-2)11(5)15(17-14)13(8-3)16-9-4;3*1-2/h6-10H,2H2,1,3-5H3;3*1-2H3/b10-6-,13-8-,16-9?;;;. The van der Waals surface area contributed by atoms with Crippen molar-refractivity contribution in [3.63, 3.8) is 0 Å². The van der Waals surface area contributed by atoms with Crippen LogP contribution in [0.25, 0.3) is 17.8 Å². The van der Waals surface area contributed by atoms with Gasteiger partial charge in [-0.2, -0.15) is 0 Å². The molecule has 23 heavy (non-hydrogen) atoms. The van der Waals surface area contributed by atoms with Crippen LogP contribution < -0.4 is 0 Å². The summed E-state index contributed by atoms with van der Waals surface area (Å²) in [4.78, 5) is 6.89. The molecule has 0 spiro atoms. The van der Waals surface area contributed by atoms with Gasteiger partial charge < -0.3 is 0 Å². The minimum Gasteiger partial charge on any atom is -0.260 e. The fourth-order valence-corrected chi connectivity index (χ4v) is 3.03. The van der Waals surface area contributed by atoms with E-state index in [1.165, 1.54) is 20.9 Å². The number of thiophene rings is 1. The normalized spacial score (nSPS) is 10.3. The zero-order valence-electron chi connectivity index (χ0n) is 16.9. The summed E-state index contributed by atoms with van der Waals surface area (Å²) in [6.45, 7) is 24.0. The SMILES string of the molecule is C=Cc1c(/C=C\C)sc(/C(=C/C)N=CC)c1C.CC.CC.CC. The number of rotatable bonds is 4. The first-order valence-electron chi connectivity index (χ1n) is 8.73. The van der Waals surface area contributed by atoms with Crippen LogP contribution in [0.3, 0.4) is 0 Å². The fourth-order valence-electron chi connectivity index (χ4n) is 1.73. The van der Waals surface area contributed by atoms with Crippen LogP contribution in [-0.2, 0) is 0 Å². The molecule has 0 aromatic carbocycles. The van der Waals surface area contributed by atoms with Crippen molar-refractivity contribution in [2.75, 3.05) is 0 Å². The number of hydrogen-bond acceptors (Lipinski definition) is 2. The highest BCUT2D eigenvalue weighted by Crippen LogP contribution is 2.35. The molecule has 0 radical (unpaired) electrons. The van der Waals surface area contributed by atoms with Gasteiger partial charge in [-0.15, -0.1) is 11.3 Å². The molecule has 0 aliphatic rings. The van der Waals surface area contributed by atoms with Gasteiger partial charge in [-0.05, 0) is 44.9 Å². The molecule has 132 valence electrons. The van der Waals surface area contributed by atoms with Crippen LogP contribution in [0.1, 0.15) is 83.2 Å². The van der Waals surface area contributed by atoms with Crippen molar-refractivity contribution in [2.24, 2.45) is 4.99 Å². The highest BCUT2D eigenvalue weighted by atomic mass is 32.1. The van der Waals surface area contributed by atoms with Crippen LogP contribution >= 0.6 is 11.3 Å². The maximum absolute atomic E-state index is 4.41. The van der Waals surface area contributed by atoms with Crippen molar-refractivity contribution < 1.29 is 0 Å². The van der Waals surface area contributed by atoms with E-state index in [2.05, 4.69) is 30.6 Å². The van der Waals surface area contributed by atoms with Crippen LogP contribution in [0.5, 0.6) is 0 Å². The Balaban J connectivity index is -0.000000595. The van der Waals surface area contributed by atoms with Gasteiger partial charge in [0.25, 0.3) is 0 Å². The summed E-state index contributed by atoms with van der Waals surface area (Å²) in [5, 5.41) is 0. The van der Waals surface area contributed by atoms with Gasteiger partial charge in [-0.3, -0.25) is 4.99 Å². The quantitative estimate of drug-likeness (QED) is 0.491. The minimum absolute atomic E-state index is 1.04. The Hall–Kier alpha value is -1.41. The summed E-state index contributed by atoms with van der Waals surface area (Å²) < 4.78 is 0. The topological polar surface area (TPSA) is 12.4 Å². The van der Waals surface area contributed by atoms with Gasteiger partial charge in [-0.25, -0.2) is 0 Å². The van der Waals surface area contributed by atoms with Crippen molar-refractivity contribution >= 4 is 35.4 Å². The Kier molecular flexibility index (Phi) is 21.5. The van der Waals surface area contributed by atoms with Gasteiger partial charge in [-0.1, -0.05) is 66.3 Å². The van der Waals surface area contributed by atoms with E-state index in [0.717, 1.165) is 5.70 Å². The van der Waals surface area contributed by atoms with E-state index in [4.69, 9.17) is 0 Å². The molecule has 0 saturated heterocycles. The van der Waals surface area contributed by atoms with Gasteiger partial charge in [0.2, 0.25) is 0 Å². The van der Waals surface area contributed by atoms with Crippen molar-refractivity contribution in [1.82, 2.24) is 0 Å². The maximum Gasteiger partial charge on any atom is 0.0758 e. The number of allylic oxidation sites excluding steroid dienone is 2. The van der Waals surface area contributed by atoms with E-state index >= 15 is 0 Å². The molecule has 0 amide bonds. The van der Waals surface area contributed by atoms with Crippen LogP contribution in [0.2, 0.25) is 0 Å². The smallest absolute Gasteiger partial charge is 0.0758 e. The van der Waals surface area contributed by atoms with E-state index < -0.39 is 0 Å². The lowest BCUT2D eigenvalue weighted by Gasteiger charge is -1.99. The molecule has 2 heteroatoms. The van der Waals surface area contributed by atoms with E-state index in [-0.39, 0.29) is 0 Å². The third-order valence-electron chi connectivity index (χ3n) is 2.52. The maximum atomic E-state index is 4.41. The Labute approximate surface area is 149 Å². The van der Waals surface area contributed by atoms with Crippen LogP contribution in [0.4, 0.5) is 0 Å². The molecule has 0 N–H and O–H groups in total. The van der Waals surface area contributed by atoms with Crippen molar-refractivity contribution in [1.29, 1.82) is 0 Å². The molecule has 0 unspecified atom stereocenters. The summed E-state index contributed by atoms with van der Waals surface area (Å²) in [6.07, 6.45) is 9.98. The van der Waals surface area contributed by atoms with E-state index in [1.54, 1.807) is 11.3 Å². The zero-order valence-corrected chi connectivity index (χ0v) is 17.8. The largest absolute Gasteiger partial charge is 0.260 e. The molecule has 0 bridgehead atoms. The molecule has 1 nitrogen and oxygen atoms in total. The molecule has 1 aromatic heterocycles. The second-order valence-electron chi connectivity index (χ2n) is 3.60. The predicted octanol–water partition coefficient (Wildman–Crippen LogP) is 8.26. The monoisotopic (exact) mass is 335 g/mol. The van der Waals surface area contributed by atoms with Gasteiger partial charge in [0.15, 0.2) is 0 Å². The van der Waals surface area contributed by atoms with Gasteiger partial charge in [0, 0.05) is 11.1 Å². The molecule has 0 fully saturated rings. The van der Waals surface area contributed by atoms with E-state index in [1.807, 2.05) is 80.7 Å². The Morgan fingerprint density at radius 3 is 1.87 bits per heavy atom. The van der Waals surface area contributed by atoms with Crippen LogP contribution in [0.15, 0.2) is 23.7 Å². The summed E-state index contributed by atoms with van der Waals surface area (Å²) >= 11 is 1.77. The van der Waals surface area contributed by atoms with Crippen LogP contribution in [-0.4, -0.2) is 6.21 Å². The highest BCUT2D eigenvalue weighted by Gasteiger charge is 2.13. The van der Waals surface area contributed by atoms with E-state index in [9.17, 15) is 0 Å². The average Bonchev–Trinajstić information content (AvgIpc) is 2.94. The second kappa shape index (κ2) is 18.6. The number of nitrogens with zero attached hydrogens (tertiary/aromatic N) is 1. The van der Waals surface area contributed by atoms with Gasteiger partial charge >= 0.3 is 0 Å². The third-order valence-corrected chi connectivity index (χ3v) is 3.81. The van der Waals surface area contributed by atoms with Crippen molar-refractivity contribution in [2.45, 2.75) is 69.2 Å². The summed E-state index contributed by atoms with van der Waals surface area (Å²) in [5.74, 6) is 0. The molecule has 1 rings (SSSR count). The van der Waals surface area contributed by atoms with Crippen molar-refractivity contribution in [3.8, 4) is 0 Å². The van der Waals surface area contributed by atoms with Crippen molar-refractivity contribution in [3.05, 3.63) is 39.6 Å². The molecule has 1 aromatic rings. The predicted molar refractivity (Wildman–Crippen MR) is 116 cm³/mol. The van der Waals surface area contributed by atoms with Gasteiger partial charge in [0.1, 0.15) is 0 Å². The lowest BCUT2D eigenvalue weighted by molar-refractivity contribution is 1.44. The first-order chi connectivity index (χ1) is 11.2. The van der Waals surface area contributed by atoms with Gasteiger partial charge in [0.05, 0.1) is 10.6 Å². The average molecular weight is 336 g/mol. The summed E-state index contributed by atoms with van der Waals surface area (Å²) in [5.41, 5.74) is 3.51. The van der Waals surface area contributed by atoms with Crippen LogP contribution in [0, 0.1) is 6.92 Å². The molecule has 0 atom stereocenters. The Morgan fingerprint density at radius 2 is 1.52 bits per heavy atom. The molecular formula is C21H37NS. The molecule has 0 saturated carbocycles. The zero-order chi connectivity index (χ0) is 18.8.